The third-order valence-corrected chi connectivity index (χ3v) is 6.20. The summed E-state index contributed by atoms with van der Waals surface area (Å²) in [6.07, 6.45) is 1.96. The Bertz CT molecular complexity index is 1060. The number of benzene rings is 3. The topological polar surface area (TPSA) is 35.6 Å². The molecule has 0 spiro atoms. The average Bonchev–Trinajstić information content (AvgIpc) is 3.52. The minimum absolute atomic E-state index is 0.0146. The molecule has 0 radical (unpaired) electrons. The van der Waals surface area contributed by atoms with Crippen molar-refractivity contribution in [2.75, 3.05) is 39.1 Å². The van der Waals surface area contributed by atoms with Gasteiger partial charge in [-0.1, -0.05) is 48.5 Å². The maximum atomic E-state index is 13.3. The van der Waals surface area contributed by atoms with Crippen LogP contribution in [0.2, 0.25) is 0 Å². The Morgan fingerprint density at radius 3 is 2.43 bits per heavy atom. The van der Waals surface area contributed by atoms with Crippen molar-refractivity contribution in [3.8, 4) is 0 Å². The molecule has 3 aromatic carbocycles. The summed E-state index contributed by atoms with van der Waals surface area (Å²) in [6.45, 7) is 3.89. The lowest BCUT2D eigenvalue weighted by atomic mass is 9.96. The van der Waals surface area contributed by atoms with Crippen molar-refractivity contribution < 1.29 is 4.79 Å². The van der Waals surface area contributed by atoms with Gasteiger partial charge < -0.3 is 15.1 Å². The summed E-state index contributed by atoms with van der Waals surface area (Å²) in [5.41, 5.74) is 3.81. The summed E-state index contributed by atoms with van der Waals surface area (Å²) in [6, 6.07) is 21.0. The molecule has 1 aliphatic carbocycles. The number of likely N-dealkylation sites (N-methyl/N-ethyl adjacent to an activating group) is 2. The minimum Gasteiger partial charge on any atom is -0.373 e. The number of carbonyl (C=O) groups excluding carboxylic acids is 1. The van der Waals surface area contributed by atoms with Crippen LogP contribution in [0.1, 0.15) is 34.3 Å². The van der Waals surface area contributed by atoms with Crippen LogP contribution in [0.3, 0.4) is 0 Å². The van der Waals surface area contributed by atoms with Gasteiger partial charge in [-0.3, -0.25) is 4.79 Å². The summed E-state index contributed by atoms with van der Waals surface area (Å²) >= 11 is 0. The van der Waals surface area contributed by atoms with Gasteiger partial charge in [0.15, 0.2) is 0 Å². The van der Waals surface area contributed by atoms with Gasteiger partial charge in [-0.2, -0.15) is 0 Å². The standard InChI is InChI=1S/C26H31N3O/c1-19-12-13-21(29(4)17-16-28(2)3)18-23(19)25(30)27-26(14-15-26)24-11-7-9-20-8-5-6-10-22(20)24/h5-13,18H,14-17H2,1-4H3,(H,27,30). The number of fused-ring (bicyclic) bond motifs is 1. The van der Waals surface area contributed by atoms with E-state index in [0.29, 0.717) is 0 Å². The van der Waals surface area contributed by atoms with Gasteiger partial charge in [0, 0.05) is 31.4 Å². The first-order valence-corrected chi connectivity index (χ1v) is 10.7. The summed E-state index contributed by atoms with van der Waals surface area (Å²) < 4.78 is 0. The smallest absolute Gasteiger partial charge is 0.252 e. The fourth-order valence-corrected chi connectivity index (χ4v) is 4.09. The van der Waals surface area contributed by atoms with Crippen molar-refractivity contribution in [3.63, 3.8) is 0 Å². The monoisotopic (exact) mass is 401 g/mol. The third-order valence-electron chi connectivity index (χ3n) is 6.20. The number of anilines is 1. The van der Waals surface area contributed by atoms with Crippen molar-refractivity contribution in [3.05, 3.63) is 77.4 Å². The fourth-order valence-electron chi connectivity index (χ4n) is 4.09. The quantitative estimate of drug-likeness (QED) is 0.630. The van der Waals surface area contributed by atoms with E-state index in [1.54, 1.807) is 0 Å². The first kappa shape index (κ1) is 20.4. The predicted molar refractivity (Wildman–Crippen MR) is 125 cm³/mol. The van der Waals surface area contributed by atoms with E-state index in [2.05, 4.69) is 84.8 Å². The average molecular weight is 402 g/mol. The van der Waals surface area contributed by atoms with Gasteiger partial charge in [-0.15, -0.1) is 0 Å². The van der Waals surface area contributed by atoms with Crippen LogP contribution in [0.25, 0.3) is 10.8 Å². The Balaban J connectivity index is 1.59. The van der Waals surface area contributed by atoms with Gasteiger partial charge in [0.05, 0.1) is 5.54 Å². The highest BCUT2D eigenvalue weighted by Crippen LogP contribution is 2.48. The summed E-state index contributed by atoms with van der Waals surface area (Å²) in [5.74, 6) is 0.0146. The molecule has 0 saturated heterocycles. The molecule has 4 heteroatoms. The molecule has 1 N–H and O–H groups in total. The lowest BCUT2D eigenvalue weighted by Gasteiger charge is -2.24. The molecule has 156 valence electrons. The number of hydrogen-bond acceptors (Lipinski definition) is 3. The zero-order valence-electron chi connectivity index (χ0n) is 18.4. The van der Waals surface area contributed by atoms with Crippen molar-refractivity contribution in [1.82, 2.24) is 10.2 Å². The summed E-state index contributed by atoms with van der Waals surface area (Å²) in [5, 5.41) is 5.83. The highest BCUT2D eigenvalue weighted by atomic mass is 16.1. The van der Waals surface area contributed by atoms with Crippen LogP contribution < -0.4 is 10.2 Å². The van der Waals surface area contributed by atoms with E-state index >= 15 is 0 Å². The van der Waals surface area contributed by atoms with Crippen LogP contribution in [0, 0.1) is 6.92 Å². The van der Waals surface area contributed by atoms with Crippen LogP contribution in [-0.2, 0) is 5.54 Å². The lowest BCUT2D eigenvalue weighted by molar-refractivity contribution is 0.0930. The fraction of sp³-hybridized carbons (Fsp3) is 0.346. The first-order valence-electron chi connectivity index (χ1n) is 10.7. The number of hydrogen-bond donors (Lipinski definition) is 1. The molecule has 1 saturated carbocycles. The van der Waals surface area contributed by atoms with E-state index in [9.17, 15) is 4.79 Å². The minimum atomic E-state index is -0.253. The van der Waals surface area contributed by atoms with Gasteiger partial charge >= 0.3 is 0 Å². The van der Waals surface area contributed by atoms with Crippen molar-refractivity contribution in [2.24, 2.45) is 0 Å². The second kappa shape index (κ2) is 8.11. The predicted octanol–water partition coefficient (Wildman–Crippen LogP) is 4.57. The van der Waals surface area contributed by atoms with Gasteiger partial charge in [-0.25, -0.2) is 0 Å². The highest BCUT2D eigenvalue weighted by molar-refractivity contribution is 5.98. The van der Waals surface area contributed by atoms with Gasteiger partial charge in [0.2, 0.25) is 0 Å². The number of carbonyl (C=O) groups is 1. The molecule has 4 rings (SSSR count). The number of amides is 1. The Morgan fingerprint density at radius 2 is 1.70 bits per heavy atom. The SMILES string of the molecule is Cc1ccc(N(C)CCN(C)C)cc1C(=O)NC1(c2cccc3ccccc23)CC1. The van der Waals surface area contributed by atoms with Gasteiger partial charge in [0.1, 0.15) is 0 Å². The normalized spacial score (nSPS) is 14.7. The second-order valence-electron chi connectivity index (χ2n) is 8.79. The zero-order chi connectivity index (χ0) is 21.3. The number of aryl methyl sites for hydroxylation is 1. The molecule has 0 atom stereocenters. The summed E-state index contributed by atoms with van der Waals surface area (Å²) in [7, 11) is 6.22. The van der Waals surface area contributed by atoms with Crippen molar-refractivity contribution >= 4 is 22.4 Å². The Labute approximate surface area is 179 Å². The molecule has 0 aliphatic heterocycles. The van der Waals surface area contributed by atoms with Gasteiger partial charge in [-0.05, 0) is 67.9 Å². The van der Waals surface area contributed by atoms with E-state index in [1.165, 1.54) is 16.3 Å². The molecule has 4 nitrogen and oxygen atoms in total. The van der Waals surface area contributed by atoms with Crippen LogP contribution in [0.5, 0.6) is 0 Å². The number of nitrogens with zero attached hydrogens (tertiary/aromatic N) is 2. The Kier molecular flexibility index (Phi) is 5.52. The molecule has 0 heterocycles. The van der Waals surface area contributed by atoms with E-state index < -0.39 is 0 Å². The zero-order valence-corrected chi connectivity index (χ0v) is 18.4. The molecular formula is C26H31N3O. The van der Waals surface area contributed by atoms with E-state index in [-0.39, 0.29) is 11.4 Å². The highest BCUT2D eigenvalue weighted by Gasteiger charge is 2.46. The lowest BCUT2D eigenvalue weighted by Crippen LogP contribution is -2.35. The van der Waals surface area contributed by atoms with E-state index in [4.69, 9.17) is 0 Å². The molecule has 1 aliphatic rings. The van der Waals surface area contributed by atoms with Crippen molar-refractivity contribution in [1.29, 1.82) is 0 Å². The molecule has 30 heavy (non-hydrogen) atoms. The third kappa shape index (κ3) is 4.05. The largest absolute Gasteiger partial charge is 0.373 e. The maximum Gasteiger partial charge on any atom is 0.252 e. The first-order chi connectivity index (χ1) is 14.4. The molecule has 1 fully saturated rings. The molecule has 0 bridgehead atoms. The number of nitrogens with one attached hydrogen (secondary N) is 1. The van der Waals surface area contributed by atoms with E-state index in [1.807, 2.05) is 19.1 Å². The molecule has 3 aromatic rings. The van der Waals surface area contributed by atoms with Crippen LogP contribution in [-0.4, -0.2) is 45.0 Å². The molecule has 0 unspecified atom stereocenters. The van der Waals surface area contributed by atoms with Crippen LogP contribution >= 0.6 is 0 Å². The maximum absolute atomic E-state index is 13.3. The second-order valence-corrected chi connectivity index (χ2v) is 8.79. The van der Waals surface area contributed by atoms with Gasteiger partial charge in [0.25, 0.3) is 5.91 Å². The Morgan fingerprint density at radius 1 is 0.967 bits per heavy atom. The summed E-state index contributed by atoms with van der Waals surface area (Å²) in [4.78, 5) is 17.7. The van der Waals surface area contributed by atoms with Crippen molar-refractivity contribution in [2.45, 2.75) is 25.3 Å². The molecular weight excluding hydrogens is 370 g/mol. The number of rotatable bonds is 7. The van der Waals surface area contributed by atoms with E-state index in [0.717, 1.165) is 42.7 Å². The molecule has 0 aromatic heterocycles. The van der Waals surface area contributed by atoms with Crippen LogP contribution in [0.15, 0.2) is 60.7 Å². The van der Waals surface area contributed by atoms with Crippen LogP contribution in [0.4, 0.5) is 5.69 Å². The Hall–Kier alpha value is -2.85. The molecule has 1 amide bonds.